The van der Waals surface area contributed by atoms with Crippen LogP contribution in [0.3, 0.4) is 0 Å². The maximum absolute atomic E-state index is 13.5. The Balaban J connectivity index is 1.87. The van der Waals surface area contributed by atoms with Crippen molar-refractivity contribution in [1.29, 1.82) is 0 Å². The summed E-state index contributed by atoms with van der Waals surface area (Å²) in [5, 5.41) is 5.48. The van der Waals surface area contributed by atoms with Crippen molar-refractivity contribution in [2.24, 2.45) is 11.7 Å². The lowest BCUT2D eigenvalue weighted by Crippen LogP contribution is -2.35. The number of halogens is 3. The zero-order chi connectivity index (χ0) is 23.7. The molecule has 1 amide bonds. The topological polar surface area (TPSA) is 130 Å². The van der Waals surface area contributed by atoms with Crippen molar-refractivity contribution in [2.45, 2.75) is 36.4 Å². The zero-order valence-corrected chi connectivity index (χ0v) is 18.2. The largest absolute Gasteiger partial charge is 0.421 e. The van der Waals surface area contributed by atoms with Gasteiger partial charge in [-0.15, -0.1) is 0 Å². The number of carbonyl (C=O) groups is 1. The van der Waals surface area contributed by atoms with E-state index in [2.05, 4.69) is 20.6 Å². The van der Waals surface area contributed by atoms with E-state index in [-0.39, 0.29) is 10.8 Å². The number of hydrogen-bond acceptors (Lipinski definition) is 7. The van der Waals surface area contributed by atoms with Gasteiger partial charge in [0.2, 0.25) is 21.9 Å². The van der Waals surface area contributed by atoms with Crippen molar-refractivity contribution in [3.63, 3.8) is 0 Å². The monoisotopic (exact) mass is 472 g/mol. The molecule has 0 spiro atoms. The Labute approximate surface area is 183 Å². The summed E-state index contributed by atoms with van der Waals surface area (Å²) in [5.41, 5.74) is 4.68. The van der Waals surface area contributed by atoms with Gasteiger partial charge < -0.3 is 16.4 Å². The van der Waals surface area contributed by atoms with Gasteiger partial charge in [-0.05, 0) is 37.1 Å². The maximum Gasteiger partial charge on any atom is 0.421 e. The number of nitrogens with one attached hydrogen (secondary N) is 2. The maximum atomic E-state index is 13.5. The minimum Gasteiger partial charge on any atom is -0.369 e. The van der Waals surface area contributed by atoms with Crippen LogP contribution < -0.4 is 16.4 Å². The Kier molecular flexibility index (Phi) is 6.60. The minimum atomic E-state index is -4.70. The van der Waals surface area contributed by atoms with E-state index in [1.807, 2.05) is 0 Å². The third kappa shape index (κ3) is 5.10. The van der Waals surface area contributed by atoms with Crippen LogP contribution in [-0.4, -0.2) is 48.7 Å². The van der Waals surface area contributed by atoms with E-state index < -0.39 is 45.4 Å². The van der Waals surface area contributed by atoms with Gasteiger partial charge in [-0.2, -0.15) is 18.2 Å². The third-order valence-electron chi connectivity index (χ3n) is 5.19. The molecule has 0 unspecified atom stereocenters. The molecular formula is C19H23F3N6O3S. The Morgan fingerprint density at radius 2 is 1.84 bits per heavy atom. The first-order chi connectivity index (χ1) is 14.9. The first-order valence-electron chi connectivity index (χ1n) is 9.69. The van der Waals surface area contributed by atoms with Crippen LogP contribution in [0.25, 0.3) is 0 Å². The molecule has 1 heterocycles. The SMILES string of the molecule is CN(C)S(=O)(=O)c1ccc(Nc2ncc(C(F)(F)F)c(N[C@@H]3CCC[C@@H]3C(N)=O)n2)cc1. The van der Waals surface area contributed by atoms with Crippen LogP contribution in [0.1, 0.15) is 24.8 Å². The molecule has 1 aromatic carbocycles. The molecule has 1 aromatic heterocycles. The predicted octanol–water partition coefficient (Wildman–Crippen LogP) is 2.56. The molecule has 1 saturated carbocycles. The molecule has 13 heteroatoms. The predicted molar refractivity (Wildman–Crippen MR) is 112 cm³/mol. The van der Waals surface area contributed by atoms with Crippen LogP contribution in [0.5, 0.6) is 0 Å². The second-order valence-electron chi connectivity index (χ2n) is 7.58. The van der Waals surface area contributed by atoms with Gasteiger partial charge >= 0.3 is 6.18 Å². The highest BCUT2D eigenvalue weighted by atomic mass is 32.2. The standard InChI is InChI=1S/C19H23F3N6O3S/c1-28(2)32(30,31)12-8-6-11(7-9-12)25-18-24-10-14(19(20,21)22)17(27-18)26-15-5-3-4-13(15)16(23)29/h6-10,13,15H,3-5H2,1-2H3,(H2,23,29)(H2,24,25,26,27)/t13-,15+/m0/s1. The molecule has 9 nitrogen and oxygen atoms in total. The number of nitrogens with zero attached hydrogens (tertiary/aromatic N) is 3. The number of sulfonamides is 1. The summed E-state index contributed by atoms with van der Waals surface area (Å²) in [6.07, 6.45) is -2.42. The normalized spacial score (nSPS) is 19.2. The molecule has 0 saturated heterocycles. The molecule has 1 aliphatic carbocycles. The van der Waals surface area contributed by atoms with Crippen molar-refractivity contribution in [3.05, 3.63) is 36.0 Å². The minimum absolute atomic E-state index is 0.0578. The van der Waals surface area contributed by atoms with Crippen molar-refractivity contribution in [2.75, 3.05) is 24.7 Å². The van der Waals surface area contributed by atoms with Crippen LogP contribution in [0.15, 0.2) is 35.4 Å². The summed E-state index contributed by atoms with van der Waals surface area (Å²) in [5.74, 6) is -1.75. The van der Waals surface area contributed by atoms with E-state index in [0.717, 1.165) is 4.31 Å². The van der Waals surface area contributed by atoms with E-state index in [9.17, 15) is 26.4 Å². The molecule has 1 aliphatic rings. The molecule has 3 rings (SSSR count). The van der Waals surface area contributed by atoms with Crippen LogP contribution in [-0.2, 0) is 21.0 Å². The lowest BCUT2D eigenvalue weighted by Gasteiger charge is -2.22. The first kappa shape index (κ1) is 23.7. The van der Waals surface area contributed by atoms with Gasteiger partial charge in [0, 0.05) is 32.0 Å². The fourth-order valence-corrected chi connectivity index (χ4v) is 4.36. The fraction of sp³-hybridized carbons (Fsp3) is 0.421. The van der Waals surface area contributed by atoms with E-state index in [1.54, 1.807) is 0 Å². The van der Waals surface area contributed by atoms with Crippen molar-refractivity contribution in [1.82, 2.24) is 14.3 Å². The molecule has 0 bridgehead atoms. The summed E-state index contributed by atoms with van der Waals surface area (Å²) < 4.78 is 65.8. The molecule has 4 N–H and O–H groups in total. The van der Waals surface area contributed by atoms with Crippen LogP contribution in [0.4, 0.5) is 30.6 Å². The number of alkyl halides is 3. The van der Waals surface area contributed by atoms with Gasteiger partial charge in [0.05, 0.1) is 10.8 Å². The summed E-state index contributed by atoms with van der Waals surface area (Å²) >= 11 is 0. The van der Waals surface area contributed by atoms with Gasteiger partial charge in [0.15, 0.2) is 0 Å². The number of hydrogen-bond donors (Lipinski definition) is 3. The smallest absolute Gasteiger partial charge is 0.369 e. The number of amides is 1. The molecule has 174 valence electrons. The number of rotatable bonds is 7. The summed E-state index contributed by atoms with van der Waals surface area (Å²) in [6.45, 7) is 0. The molecular weight excluding hydrogens is 449 g/mol. The number of anilines is 3. The van der Waals surface area contributed by atoms with Crippen LogP contribution >= 0.6 is 0 Å². The van der Waals surface area contributed by atoms with E-state index >= 15 is 0 Å². The number of nitrogens with two attached hydrogens (primary N) is 1. The van der Waals surface area contributed by atoms with Gasteiger partial charge in [-0.25, -0.2) is 17.7 Å². The first-order valence-corrected chi connectivity index (χ1v) is 11.1. The Morgan fingerprint density at radius 3 is 2.41 bits per heavy atom. The molecule has 32 heavy (non-hydrogen) atoms. The average Bonchev–Trinajstić information content (AvgIpc) is 3.16. The van der Waals surface area contributed by atoms with Gasteiger partial charge in [0.1, 0.15) is 11.4 Å². The molecule has 2 aromatic rings. The van der Waals surface area contributed by atoms with Crippen molar-refractivity contribution >= 4 is 33.4 Å². The lowest BCUT2D eigenvalue weighted by molar-refractivity contribution is -0.137. The highest BCUT2D eigenvalue weighted by Crippen LogP contribution is 2.36. The van der Waals surface area contributed by atoms with Crippen molar-refractivity contribution in [3.8, 4) is 0 Å². The quantitative estimate of drug-likeness (QED) is 0.565. The van der Waals surface area contributed by atoms with E-state index in [1.165, 1.54) is 38.4 Å². The summed E-state index contributed by atoms with van der Waals surface area (Å²) in [7, 11) is -0.815. The number of carbonyl (C=O) groups excluding carboxylic acids is 1. The van der Waals surface area contributed by atoms with Crippen LogP contribution in [0.2, 0.25) is 0 Å². The average molecular weight is 472 g/mol. The highest BCUT2D eigenvalue weighted by Gasteiger charge is 2.38. The molecule has 1 fully saturated rings. The zero-order valence-electron chi connectivity index (χ0n) is 17.3. The third-order valence-corrected chi connectivity index (χ3v) is 7.02. The highest BCUT2D eigenvalue weighted by molar-refractivity contribution is 7.89. The van der Waals surface area contributed by atoms with Gasteiger partial charge in [0.25, 0.3) is 0 Å². The summed E-state index contributed by atoms with van der Waals surface area (Å²) in [4.78, 5) is 19.3. The van der Waals surface area contributed by atoms with Crippen molar-refractivity contribution < 1.29 is 26.4 Å². The lowest BCUT2D eigenvalue weighted by atomic mass is 10.0. The second-order valence-corrected chi connectivity index (χ2v) is 9.73. The molecule has 0 radical (unpaired) electrons. The number of primary amides is 1. The number of benzene rings is 1. The number of aromatic nitrogens is 2. The molecule has 2 atom stereocenters. The fourth-order valence-electron chi connectivity index (χ4n) is 3.46. The van der Waals surface area contributed by atoms with E-state index in [0.29, 0.717) is 31.1 Å². The van der Waals surface area contributed by atoms with Gasteiger partial charge in [-0.1, -0.05) is 6.42 Å². The Hall–Kier alpha value is -2.93. The van der Waals surface area contributed by atoms with E-state index in [4.69, 9.17) is 5.73 Å². The summed E-state index contributed by atoms with van der Waals surface area (Å²) in [6, 6.07) is 5.05. The van der Waals surface area contributed by atoms with Gasteiger partial charge in [-0.3, -0.25) is 4.79 Å². The molecule has 0 aliphatic heterocycles. The Morgan fingerprint density at radius 1 is 1.19 bits per heavy atom. The second kappa shape index (κ2) is 8.90. The van der Waals surface area contributed by atoms with Crippen LogP contribution in [0, 0.1) is 5.92 Å². The Bertz CT molecular complexity index is 1090.